The highest BCUT2D eigenvalue weighted by Gasteiger charge is 2.54. The van der Waals surface area contributed by atoms with E-state index in [9.17, 15) is 24.9 Å². The Bertz CT molecular complexity index is 2980. The third kappa shape index (κ3) is 57.1. The number of aliphatic hydroxyl groups is 3. The summed E-state index contributed by atoms with van der Waals surface area (Å²) in [6.07, 6.45) is 69.2. The van der Waals surface area contributed by atoms with E-state index in [0.29, 0.717) is 41.8 Å². The summed E-state index contributed by atoms with van der Waals surface area (Å²) >= 11 is 0. The Kier molecular flexibility index (Phi) is 75.4. The number of hydrogen-bond donors (Lipinski definition) is 3. The number of benzene rings is 1. The molecule has 3 aliphatic rings. The van der Waals surface area contributed by atoms with E-state index in [1.165, 1.54) is 347 Å². The number of methoxy groups -OCH3 is 5. The first kappa shape index (κ1) is 129. The van der Waals surface area contributed by atoms with Crippen LogP contribution in [0.1, 0.15) is 527 Å². The van der Waals surface area contributed by atoms with Crippen LogP contribution >= 0.6 is 0 Å². The smallest absolute Gasteiger partial charge is 0.308 e. The maximum Gasteiger partial charge on any atom is 0.308 e. The molecule has 818 valence electrons. The molecule has 0 aromatic heterocycles. The number of carbonyl (C=O) groups is 2. The van der Waals surface area contributed by atoms with Crippen molar-refractivity contribution >= 4 is 11.9 Å². The molecule has 0 unspecified atom stereocenters. The normalized spacial score (nSPS) is 24.6. The van der Waals surface area contributed by atoms with E-state index in [0.717, 1.165) is 102 Å². The Morgan fingerprint density at radius 3 is 0.971 bits per heavy atom. The molecule has 18 heteroatoms. The second-order valence-electron chi connectivity index (χ2n) is 45.6. The maximum atomic E-state index is 14.5. The Balaban J connectivity index is 1.23. The topological polar surface area (TPSA) is 215 Å². The van der Waals surface area contributed by atoms with Crippen molar-refractivity contribution in [3.63, 3.8) is 0 Å². The van der Waals surface area contributed by atoms with Crippen molar-refractivity contribution in [2.24, 2.45) is 53.3 Å². The monoisotopic (exact) mass is 1970 g/mol. The Hall–Kier alpha value is -2.56. The number of hydrogen-bond acceptors (Lipinski definition) is 18. The van der Waals surface area contributed by atoms with Gasteiger partial charge in [-0.25, -0.2) is 0 Å². The second kappa shape index (κ2) is 81.4. The van der Waals surface area contributed by atoms with Crippen molar-refractivity contribution in [3.05, 3.63) is 29.8 Å². The van der Waals surface area contributed by atoms with Crippen LogP contribution in [0.4, 0.5) is 0 Å². The molecule has 3 fully saturated rings. The van der Waals surface area contributed by atoms with Crippen LogP contribution in [0.5, 0.6) is 5.75 Å². The average Bonchev–Trinajstić information content (AvgIpc) is 0.772. The number of carbonyl (C=O) groups excluding carboxylic acids is 2. The molecule has 1 aromatic carbocycles. The van der Waals surface area contributed by atoms with Gasteiger partial charge < -0.3 is 76.9 Å². The van der Waals surface area contributed by atoms with Gasteiger partial charge in [0.2, 0.25) is 6.29 Å². The quantitative estimate of drug-likeness (QED) is 0.0408. The third-order valence-electron chi connectivity index (χ3n) is 31.9. The number of aliphatic hydroxyl groups excluding tert-OH is 3. The summed E-state index contributed by atoms with van der Waals surface area (Å²) in [6.45, 7) is 33.1. The molecule has 3 aliphatic heterocycles. The lowest BCUT2D eigenvalue weighted by Gasteiger charge is -2.49. The minimum Gasteiger partial charge on any atom is -0.462 e. The van der Waals surface area contributed by atoms with Gasteiger partial charge in [-0.2, -0.15) is 0 Å². The Labute approximate surface area is 856 Å². The first-order valence-electron chi connectivity index (χ1n) is 59.4. The zero-order chi connectivity index (χ0) is 102. The van der Waals surface area contributed by atoms with Crippen LogP contribution in [0.15, 0.2) is 24.3 Å². The van der Waals surface area contributed by atoms with Gasteiger partial charge in [0.15, 0.2) is 12.6 Å². The number of ether oxygens (including phenoxy) is 13. The van der Waals surface area contributed by atoms with E-state index < -0.39 is 92.1 Å². The second-order valence-corrected chi connectivity index (χ2v) is 45.6. The van der Waals surface area contributed by atoms with Gasteiger partial charge in [0, 0.05) is 42.0 Å². The fraction of sp³-hybridized carbons (Fsp3) is 0.934. The van der Waals surface area contributed by atoms with Crippen molar-refractivity contribution < 1.29 is 86.5 Å². The van der Waals surface area contributed by atoms with E-state index in [-0.39, 0.29) is 42.1 Å². The first-order chi connectivity index (χ1) is 67.3. The summed E-state index contributed by atoms with van der Waals surface area (Å²) in [7, 11) is 7.95. The molecule has 3 saturated heterocycles. The molecule has 0 saturated carbocycles. The van der Waals surface area contributed by atoms with Gasteiger partial charge in [0.05, 0.1) is 36.3 Å². The molecule has 18 nitrogen and oxygen atoms in total. The SMILES string of the molecule is CCCCCCCCCCCCCCCCCCCC[C@@H](C)C[C@@H](C)C[C@@H](C)C[C@@H](C)C(=O)O[C@H](CCCCCCCCCCCCCCCCc1ccc(O[C@@H]2O[C@@H](C)[C@H](O)[C@@H](O[C@@H]3O[C@@H](C)[C@H](O)[C@@H](O[C@@H]4O[C@@H](C)[C@@H](OC)[C@@H](OC)[C@@H]4OC)[C@H]3O)[C@H]2OC)cc1)C[C@@H](CCCC[C@H](C)[C@@H](CC)OC)OC(=O)[C@H](C)C[C@H](C)C[C@H](C)C[C@H](C)CCCCCCCCCCCCCCCCCCCC. The van der Waals surface area contributed by atoms with Crippen LogP contribution in [-0.4, -0.2) is 173 Å². The first-order valence-corrected chi connectivity index (χ1v) is 59.4. The van der Waals surface area contributed by atoms with Gasteiger partial charge in [0.1, 0.15) is 72.9 Å². The van der Waals surface area contributed by atoms with Gasteiger partial charge in [-0.15, -0.1) is 0 Å². The highest BCUT2D eigenvalue weighted by molar-refractivity contribution is 5.72. The summed E-state index contributed by atoms with van der Waals surface area (Å²) in [5.74, 6) is 4.01. The molecule has 0 radical (unpaired) electrons. The van der Waals surface area contributed by atoms with Gasteiger partial charge in [0.25, 0.3) is 0 Å². The van der Waals surface area contributed by atoms with Crippen molar-refractivity contribution in [1.82, 2.24) is 0 Å². The van der Waals surface area contributed by atoms with Crippen molar-refractivity contribution in [2.75, 3.05) is 35.5 Å². The molecular weight excluding hydrogens is 1740 g/mol. The highest BCUT2D eigenvalue weighted by Crippen LogP contribution is 2.38. The van der Waals surface area contributed by atoms with E-state index in [1.54, 1.807) is 28.1 Å². The minimum atomic E-state index is -1.53. The van der Waals surface area contributed by atoms with Crippen LogP contribution in [0.2, 0.25) is 0 Å². The maximum absolute atomic E-state index is 14.5. The third-order valence-corrected chi connectivity index (χ3v) is 31.9. The molecule has 139 heavy (non-hydrogen) atoms. The molecule has 0 bridgehead atoms. The van der Waals surface area contributed by atoms with Crippen molar-refractivity contribution in [2.45, 2.75) is 638 Å². The lowest BCUT2D eigenvalue weighted by Crippen LogP contribution is -2.66. The van der Waals surface area contributed by atoms with Crippen molar-refractivity contribution in [3.8, 4) is 5.75 Å². The predicted octanol–water partition coefficient (Wildman–Crippen LogP) is 31.7. The molecular formula is C121H226O18. The van der Waals surface area contributed by atoms with Crippen LogP contribution in [-0.2, 0) is 72.9 Å². The lowest BCUT2D eigenvalue weighted by atomic mass is 9.84. The van der Waals surface area contributed by atoms with Gasteiger partial charge in [-0.3, -0.25) is 9.59 Å². The van der Waals surface area contributed by atoms with E-state index >= 15 is 0 Å². The number of esters is 2. The largest absolute Gasteiger partial charge is 0.462 e. The summed E-state index contributed by atoms with van der Waals surface area (Å²) in [6, 6.07) is 8.03. The fourth-order valence-electron chi connectivity index (χ4n) is 23.4. The molecule has 0 amide bonds. The molecule has 0 spiro atoms. The van der Waals surface area contributed by atoms with E-state index in [4.69, 9.17) is 61.6 Å². The predicted molar refractivity (Wildman–Crippen MR) is 575 cm³/mol. The minimum absolute atomic E-state index is 0.0809. The summed E-state index contributed by atoms with van der Waals surface area (Å²) in [4.78, 5) is 29.1. The highest BCUT2D eigenvalue weighted by atomic mass is 16.8. The molecule has 3 heterocycles. The number of unbranched alkanes of at least 4 members (excludes halogenated alkanes) is 48. The Morgan fingerprint density at radius 1 is 0.302 bits per heavy atom. The molecule has 0 aliphatic carbocycles. The summed E-state index contributed by atoms with van der Waals surface area (Å²) < 4.78 is 80.0. The zero-order valence-electron chi connectivity index (χ0n) is 94.0. The lowest BCUT2D eigenvalue weighted by molar-refractivity contribution is -0.375. The molecule has 4 rings (SSSR count). The Morgan fingerprint density at radius 2 is 0.604 bits per heavy atom. The summed E-state index contributed by atoms with van der Waals surface area (Å²) in [5.41, 5.74) is 1.22. The standard InChI is InChI=1S/C121H226O18/c1-21-24-26-28-30-32-34-36-38-40-42-44-48-52-56-60-64-68-74-91(4)84-93(6)86-95(8)88-98(11)117(125)135-105(90-106(79-73-72-76-97(10)107(23-3)127-16)136-118(126)99(12)89-96(9)87-94(7)85-92(5)75-69-65-61-57-53-49-45-43-41-39-37-35-33-31-29-27-25-22-2)78-71-67-63-59-55-51-47-46-50-54-58-62-66-70-77-103-80-82-104(83-81-103)137-120-115(130-19)113(109(123)101(14)133-120)139-119-110(124)112(108(122)100(13)132-119)138-121-116(131-20)114(129-18)111(128-17)102(15)134-121/h80-83,91-102,105-116,119-124H,21-79,84-90H2,1-20H3/t91-,92-,93-,94-,95-,96-,97+,98-,99-,100+,101+,102+,105-,106-,107-,108+,109+,110-,111-,112-,113-,114-,115-,116+,119+,120+,121+/m1/s1. The van der Waals surface area contributed by atoms with Gasteiger partial charge in [-0.05, 0) is 170 Å². The van der Waals surface area contributed by atoms with E-state index in [1.807, 2.05) is 26.2 Å². The summed E-state index contributed by atoms with van der Waals surface area (Å²) in [5, 5.41) is 34.6. The van der Waals surface area contributed by atoms with Crippen molar-refractivity contribution in [1.29, 1.82) is 0 Å². The van der Waals surface area contributed by atoms with Crippen LogP contribution in [0, 0.1) is 53.3 Å². The molecule has 27 atom stereocenters. The van der Waals surface area contributed by atoms with Crippen LogP contribution in [0.3, 0.4) is 0 Å². The molecule has 1 aromatic rings. The van der Waals surface area contributed by atoms with E-state index in [2.05, 4.69) is 95.2 Å². The average molecular weight is 1970 g/mol. The van der Waals surface area contributed by atoms with Gasteiger partial charge >= 0.3 is 11.9 Å². The fourth-order valence-corrected chi connectivity index (χ4v) is 23.4. The van der Waals surface area contributed by atoms with Crippen LogP contribution < -0.4 is 4.74 Å². The molecule has 3 N–H and O–H groups in total. The van der Waals surface area contributed by atoms with Gasteiger partial charge in [-0.1, -0.05) is 423 Å². The zero-order valence-corrected chi connectivity index (χ0v) is 94.0. The number of rotatable bonds is 91. The van der Waals surface area contributed by atoms with Crippen LogP contribution in [0.25, 0.3) is 0 Å². The number of aryl methyl sites for hydroxylation is 1.